The molecule has 0 radical (unpaired) electrons. The zero-order valence-electron chi connectivity index (χ0n) is 8.51. The summed E-state index contributed by atoms with van der Waals surface area (Å²) in [5.41, 5.74) is 2.18. The molecule has 1 aromatic heterocycles. The van der Waals surface area contributed by atoms with Gasteiger partial charge in [0.25, 0.3) is 0 Å². The number of nitrogens with zero attached hydrogens (tertiary/aromatic N) is 1. The van der Waals surface area contributed by atoms with Gasteiger partial charge < -0.3 is 5.32 Å². The highest BCUT2D eigenvalue weighted by molar-refractivity contribution is 9.10. The molecule has 0 amide bonds. The van der Waals surface area contributed by atoms with Crippen molar-refractivity contribution in [3.05, 3.63) is 22.4 Å². The monoisotopic (exact) mass is 274 g/mol. The molecule has 0 unspecified atom stereocenters. The summed E-state index contributed by atoms with van der Waals surface area (Å²) < 4.78 is 0.893. The number of aryl methyl sites for hydroxylation is 1. The molecule has 0 spiro atoms. The lowest BCUT2D eigenvalue weighted by molar-refractivity contribution is 0.984. The third kappa shape index (κ3) is 3.88. The number of thioether (sulfide) groups is 1. The Bertz CT molecular complexity index is 291. The maximum absolute atomic E-state index is 4.32. The number of hydrogen-bond acceptors (Lipinski definition) is 3. The van der Waals surface area contributed by atoms with Crippen molar-refractivity contribution in [2.45, 2.75) is 13.3 Å². The number of hydrogen-bond donors (Lipinski definition) is 1. The first-order valence-electron chi connectivity index (χ1n) is 4.60. The first-order valence-corrected chi connectivity index (χ1v) is 6.78. The van der Waals surface area contributed by atoms with Crippen LogP contribution in [0.25, 0.3) is 0 Å². The van der Waals surface area contributed by atoms with Gasteiger partial charge in [-0.2, -0.15) is 11.8 Å². The fourth-order valence-electron chi connectivity index (χ4n) is 1.16. The molecular formula is C10H15BrN2S. The Morgan fingerprint density at radius 3 is 2.93 bits per heavy atom. The summed E-state index contributed by atoms with van der Waals surface area (Å²) in [6.07, 6.45) is 3.32. The van der Waals surface area contributed by atoms with E-state index in [0.717, 1.165) is 22.5 Å². The molecule has 0 aliphatic carbocycles. The van der Waals surface area contributed by atoms with Crippen molar-refractivity contribution in [1.82, 2.24) is 4.98 Å². The van der Waals surface area contributed by atoms with Gasteiger partial charge >= 0.3 is 0 Å². The van der Waals surface area contributed by atoms with Gasteiger partial charge in [-0.25, -0.2) is 4.98 Å². The van der Waals surface area contributed by atoms with Crippen LogP contribution in [0.5, 0.6) is 0 Å². The van der Waals surface area contributed by atoms with Crippen LogP contribution in [0.15, 0.2) is 16.7 Å². The zero-order valence-corrected chi connectivity index (χ0v) is 10.9. The number of halogens is 1. The minimum absolute atomic E-state index is 0.893. The standard InChI is InChI=1S/C10H15BrN2S/c1-8-9(4-5-10(11)13-8)12-6-3-7-14-2/h4-5,12H,3,6-7H2,1-2H3. The molecule has 1 heterocycles. The molecule has 0 saturated carbocycles. The second-order valence-electron chi connectivity index (χ2n) is 3.04. The number of nitrogens with one attached hydrogen (secondary N) is 1. The van der Waals surface area contributed by atoms with Crippen molar-refractivity contribution < 1.29 is 0 Å². The maximum atomic E-state index is 4.32. The third-order valence-electron chi connectivity index (χ3n) is 1.89. The lowest BCUT2D eigenvalue weighted by Gasteiger charge is -2.08. The molecule has 0 fully saturated rings. The summed E-state index contributed by atoms with van der Waals surface area (Å²) in [4.78, 5) is 4.32. The Balaban J connectivity index is 2.42. The molecule has 0 aliphatic heterocycles. The molecule has 0 aliphatic rings. The average molecular weight is 275 g/mol. The van der Waals surface area contributed by atoms with Crippen LogP contribution in [0.1, 0.15) is 12.1 Å². The van der Waals surface area contributed by atoms with Crippen LogP contribution in [0, 0.1) is 6.92 Å². The van der Waals surface area contributed by atoms with E-state index in [1.807, 2.05) is 24.8 Å². The Hall–Kier alpha value is -0.220. The second-order valence-corrected chi connectivity index (χ2v) is 4.84. The topological polar surface area (TPSA) is 24.9 Å². The van der Waals surface area contributed by atoms with Gasteiger partial charge in [0, 0.05) is 6.54 Å². The van der Waals surface area contributed by atoms with E-state index < -0.39 is 0 Å². The van der Waals surface area contributed by atoms with E-state index in [4.69, 9.17) is 0 Å². The van der Waals surface area contributed by atoms with Gasteiger partial charge in [-0.3, -0.25) is 0 Å². The quantitative estimate of drug-likeness (QED) is 0.659. The summed E-state index contributed by atoms with van der Waals surface area (Å²) in [6.45, 7) is 3.03. The summed E-state index contributed by atoms with van der Waals surface area (Å²) in [5, 5.41) is 3.38. The Morgan fingerprint density at radius 2 is 2.29 bits per heavy atom. The van der Waals surface area contributed by atoms with Gasteiger partial charge in [-0.1, -0.05) is 0 Å². The number of anilines is 1. The summed E-state index contributed by atoms with van der Waals surface area (Å²) >= 11 is 5.23. The largest absolute Gasteiger partial charge is 0.384 e. The van der Waals surface area contributed by atoms with E-state index in [9.17, 15) is 0 Å². The highest BCUT2D eigenvalue weighted by Crippen LogP contribution is 2.15. The fourth-order valence-corrected chi connectivity index (χ4v) is 1.99. The predicted octanol–water partition coefficient (Wildman–Crippen LogP) is 3.32. The Kier molecular flexibility index (Phi) is 5.33. The summed E-state index contributed by atoms with van der Waals surface area (Å²) in [7, 11) is 0. The van der Waals surface area contributed by atoms with Crippen molar-refractivity contribution in [3.63, 3.8) is 0 Å². The van der Waals surface area contributed by atoms with Gasteiger partial charge in [0.05, 0.1) is 11.4 Å². The number of pyridine rings is 1. The molecule has 0 saturated heterocycles. The van der Waals surface area contributed by atoms with Crippen LogP contribution in [0.2, 0.25) is 0 Å². The van der Waals surface area contributed by atoms with Crippen LogP contribution in [-0.4, -0.2) is 23.5 Å². The van der Waals surface area contributed by atoms with Gasteiger partial charge in [-0.15, -0.1) is 0 Å². The second kappa shape index (κ2) is 6.30. The molecular weight excluding hydrogens is 260 g/mol. The van der Waals surface area contributed by atoms with Crippen molar-refractivity contribution in [3.8, 4) is 0 Å². The van der Waals surface area contributed by atoms with E-state index in [1.165, 1.54) is 12.2 Å². The smallest absolute Gasteiger partial charge is 0.106 e. The van der Waals surface area contributed by atoms with E-state index in [1.54, 1.807) is 0 Å². The zero-order chi connectivity index (χ0) is 10.4. The average Bonchev–Trinajstić information content (AvgIpc) is 2.15. The first-order chi connectivity index (χ1) is 6.74. The molecule has 78 valence electrons. The van der Waals surface area contributed by atoms with Crippen molar-refractivity contribution in [2.75, 3.05) is 23.9 Å². The molecule has 0 atom stereocenters. The molecule has 1 rings (SSSR count). The molecule has 1 N–H and O–H groups in total. The van der Waals surface area contributed by atoms with Gasteiger partial charge in [0.2, 0.25) is 0 Å². The first kappa shape index (κ1) is 11.9. The lowest BCUT2D eigenvalue weighted by atomic mass is 10.3. The molecule has 2 nitrogen and oxygen atoms in total. The van der Waals surface area contributed by atoms with Crippen molar-refractivity contribution in [2.24, 2.45) is 0 Å². The van der Waals surface area contributed by atoms with Crippen LogP contribution < -0.4 is 5.32 Å². The summed E-state index contributed by atoms with van der Waals surface area (Å²) in [6, 6.07) is 4.02. The minimum atomic E-state index is 0.893. The molecule has 4 heteroatoms. The highest BCUT2D eigenvalue weighted by atomic mass is 79.9. The van der Waals surface area contributed by atoms with Crippen LogP contribution >= 0.6 is 27.7 Å². The SMILES string of the molecule is CSCCCNc1ccc(Br)nc1C. The molecule has 0 bridgehead atoms. The van der Waals surface area contributed by atoms with E-state index >= 15 is 0 Å². The van der Waals surface area contributed by atoms with E-state index in [0.29, 0.717) is 0 Å². The van der Waals surface area contributed by atoms with Gasteiger partial charge in [0.1, 0.15) is 4.60 Å². The Morgan fingerprint density at radius 1 is 1.50 bits per heavy atom. The normalized spacial score (nSPS) is 10.2. The van der Waals surface area contributed by atoms with Crippen LogP contribution in [0.3, 0.4) is 0 Å². The third-order valence-corrected chi connectivity index (χ3v) is 3.03. The molecule has 1 aromatic rings. The van der Waals surface area contributed by atoms with E-state index in [2.05, 4.69) is 38.6 Å². The van der Waals surface area contributed by atoms with Crippen molar-refractivity contribution in [1.29, 1.82) is 0 Å². The van der Waals surface area contributed by atoms with Gasteiger partial charge in [0.15, 0.2) is 0 Å². The van der Waals surface area contributed by atoms with Crippen LogP contribution in [-0.2, 0) is 0 Å². The minimum Gasteiger partial charge on any atom is -0.384 e. The molecule has 0 aromatic carbocycles. The fraction of sp³-hybridized carbons (Fsp3) is 0.500. The summed E-state index contributed by atoms with van der Waals surface area (Å²) in [5.74, 6) is 1.20. The maximum Gasteiger partial charge on any atom is 0.106 e. The van der Waals surface area contributed by atoms with Crippen LogP contribution in [0.4, 0.5) is 5.69 Å². The lowest BCUT2D eigenvalue weighted by Crippen LogP contribution is -2.04. The number of aromatic nitrogens is 1. The Labute approximate surface area is 98.0 Å². The van der Waals surface area contributed by atoms with E-state index in [-0.39, 0.29) is 0 Å². The molecule has 14 heavy (non-hydrogen) atoms. The van der Waals surface area contributed by atoms with Crippen molar-refractivity contribution >= 4 is 33.4 Å². The highest BCUT2D eigenvalue weighted by Gasteiger charge is 1.98. The number of rotatable bonds is 5. The predicted molar refractivity (Wildman–Crippen MR) is 68.2 cm³/mol. The van der Waals surface area contributed by atoms with Gasteiger partial charge in [-0.05, 0) is 53.4 Å².